The first-order valence-electron chi connectivity index (χ1n) is 8.18. The third kappa shape index (κ3) is 4.55. The third-order valence-electron chi connectivity index (χ3n) is 3.59. The smallest absolute Gasteiger partial charge is 0.413 e. The minimum Gasteiger partial charge on any atom is -0.453 e. The number of carbonyl (C=O) groups is 2. The fourth-order valence-corrected chi connectivity index (χ4v) is 2.32. The first kappa shape index (κ1) is 18.7. The van der Waals surface area contributed by atoms with Crippen LogP contribution in [-0.4, -0.2) is 46.3 Å². The molecule has 4 aromatic rings. The van der Waals surface area contributed by atoms with Crippen molar-refractivity contribution < 1.29 is 19.1 Å². The van der Waals surface area contributed by atoms with Crippen LogP contribution in [0.4, 0.5) is 21.5 Å². The Hall–Kier alpha value is -4.08. The lowest BCUT2D eigenvalue weighted by Crippen LogP contribution is -2.11. The van der Waals surface area contributed by atoms with Crippen molar-refractivity contribution in [3.05, 3.63) is 48.5 Å². The molecule has 144 valence electrons. The van der Waals surface area contributed by atoms with Crippen LogP contribution >= 0.6 is 0 Å². The SMILES string of the molecule is COC(=O)Nc1nc2ccccc2[nH]1.COC(=O)Nc1nc2ccccc2[nH]1. The summed E-state index contributed by atoms with van der Waals surface area (Å²) >= 11 is 0. The lowest BCUT2D eigenvalue weighted by atomic mass is 10.3. The normalized spacial score (nSPS) is 10.1. The second-order valence-corrected chi connectivity index (χ2v) is 5.44. The fraction of sp³-hybridized carbons (Fsp3) is 0.111. The molecule has 0 aliphatic heterocycles. The number of anilines is 2. The number of aromatic nitrogens is 4. The van der Waals surface area contributed by atoms with Gasteiger partial charge in [0.25, 0.3) is 0 Å². The van der Waals surface area contributed by atoms with E-state index < -0.39 is 12.2 Å². The molecule has 0 bridgehead atoms. The van der Waals surface area contributed by atoms with Crippen molar-refractivity contribution >= 4 is 46.1 Å². The number of ether oxygens (including phenoxy) is 2. The second kappa shape index (κ2) is 8.54. The Labute approximate surface area is 159 Å². The van der Waals surface area contributed by atoms with Gasteiger partial charge in [0.05, 0.1) is 36.3 Å². The van der Waals surface area contributed by atoms with Gasteiger partial charge in [-0.15, -0.1) is 0 Å². The van der Waals surface area contributed by atoms with Crippen molar-refractivity contribution in [1.82, 2.24) is 19.9 Å². The maximum atomic E-state index is 10.9. The summed E-state index contributed by atoms with van der Waals surface area (Å²) in [5.74, 6) is 0.774. The summed E-state index contributed by atoms with van der Waals surface area (Å²) < 4.78 is 8.88. The molecule has 2 aromatic heterocycles. The van der Waals surface area contributed by atoms with Crippen LogP contribution < -0.4 is 10.6 Å². The number of rotatable bonds is 2. The molecule has 4 N–H and O–H groups in total. The number of fused-ring (bicyclic) bond motifs is 2. The number of amides is 2. The molecular weight excluding hydrogens is 364 g/mol. The molecule has 10 nitrogen and oxygen atoms in total. The summed E-state index contributed by atoms with van der Waals surface area (Å²) in [5, 5.41) is 4.91. The predicted molar refractivity (Wildman–Crippen MR) is 104 cm³/mol. The van der Waals surface area contributed by atoms with Gasteiger partial charge >= 0.3 is 12.2 Å². The Kier molecular flexibility index (Phi) is 5.70. The Morgan fingerprint density at radius 2 is 1.14 bits per heavy atom. The minimum atomic E-state index is -0.538. The first-order chi connectivity index (χ1) is 13.6. The molecule has 0 aliphatic carbocycles. The molecule has 0 atom stereocenters. The van der Waals surface area contributed by atoms with E-state index in [1.165, 1.54) is 14.2 Å². The van der Waals surface area contributed by atoms with Crippen molar-refractivity contribution in [3.63, 3.8) is 0 Å². The Morgan fingerprint density at radius 3 is 1.50 bits per heavy atom. The van der Waals surface area contributed by atoms with E-state index in [9.17, 15) is 9.59 Å². The van der Waals surface area contributed by atoms with Gasteiger partial charge in [-0.25, -0.2) is 19.6 Å². The maximum Gasteiger partial charge on any atom is 0.413 e. The van der Waals surface area contributed by atoms with Crippen LogP contribution in [0, 0.1) is 0 Å². The van der Waals surface area contributed by atoms with E-state index in [0.29, 0.717) is 11.9 Å². The first-order valence-corrected chi connectivity index (χ1v) is 8.18. The summed E-state index contributed by atoms with van der Waals surface area (Å²) in [4.78, 5) is 35.9. The van der Waals surface area contributed by atoms with E-state index in [-0.39, 0.29) is 0 Å². The number of benzene rings is 2. The highest BCUT2D eigenvalue weighted by Crippen LogP contribution is 2.14. The van der Waals surface area contributed by atoms with Gasteiger partial charge in [0.2, 0.25) is 11.9 Å². The van der Waals surface area contributed by atoms with Crippen molar-refractivity contribution in [1.29, 1.82) is 0 Å². The highest BCUT2D eigenvalue weighted by Gasteiger charge is 2.06. The highest BCUT2D eigenvalue weighted by atomic mass is 16.5. The zero-order chi connectivity index (χ0) is 19.9. The molecule has 0 spiro atoms. The van der Waals surface area contributed by atoms with Crippen LogP contribution in [0.15, 0.2) is 48.5 Å². The maximum absolute atomic E-state index is 10.9. The van der Waals surface area contributed by atoms with E-state index in [0.717, 1.165) is 22.1 Å². The molecule has 0 saturated heterocycles. The van der Waals surface area contributed by atoms with E-state index >= 15 is 0 Å². The van der Waals surface area contributed by atoms with Crippen molar-refractivity contribution in [3.8, 4) is 0 Å². The van der Waals surface area contributed by atoms with E-state index in [1.54, 1.807) is 0 Å². The van der Waals surface area contributed by atoms with Gasteiger partial charge in [-0.05, 0) is 24.3 Å². The number of nitrogens with zero attached hydrogens (tertiary/aromatic N) is 2. The molecular formula is C18H18N6O4. The zero-order valence-electron chi connectivity index (χ0n) is 15.1. The molecule has 2 amide bonds. The Balaban J connectivity index is 0.000000161. The number of para-hydroxylation sites is 4. The topological polar surface area (TPSA) is 134 Å². The monoisotopic (exact) mass is 382 g/mol. The molecule has 0 saturated carbocycles. The number of methoxy groups -OCH3 is 2. The van der Waals surface area contributed by atoms with Crippen LogP contribution in [0.3, 0.4) is 0 Å². The van der Waals surface area contributed by atoms with Crippen LogP contribution in [-0.2, 0) is 9.47 Å². The second-order valence-electron chi connectivity index (χ2n) is 5.44. The minimum absolute atomic E-state index is 0.387. The number of hydrogen-bond donors (Lipinski definition) is 4. The lowest BCUT2D eigenvalue weighted by molar-refractivity contribution is 0.186. The average molecular weight is 382 g/mol. The molecule has 2 aromatic carbocycles. The summed E-state index contributed by atoms with van der Waals surface area (Å²) in [6.45, 7) is 0. The molecule has 0 radical (unpaired) electrons. The summed E-state index contributed by atoms with van der Waals surface area (Å²) in [5.41, 5.74) is 3.36. The Morgan fingerprint density at radius 1 is 0.750 bits per heavy atom. The summed E-state index contributed by atoms with van der Waals surface area (Å²) in [6.07, 6.45) is -1.08. The van der Waals surface area contributed by atoms with Crippen molar-refractivity contribution in [2.24, 2.45) is 0 Å². The fourth-order valence-electron chi connectivity index (χ4n) is 2.32. The molecule has 10 heteroatoms. The van der Waals surface area contributed by atoms with Gasteiger partial charge in [0.1, 0.15) is 0 Å². The van der Waals surface area contributed by atoms with E-state index in [4.69, 9.17) is 0 Å². The van der Waals surface area contributed by atoms with Crippen LogP contribution in [0.25, 0.3) is 22.1 Å². The standard InChI is InChI=1S/2C9H9N3O2/c2*1-14-9(13)12-8-10-6-4-2-3-5-7(6)11-8/h2*2-5H,1H3,(H2,10,11,12,13). The van der Waals surface area contributed by atoms with Crippen LogP contribution in [0.2, 0.25) is 0 Å². The largest absolute Gasteiger partial charge is 0.453 e. The predicted octanol–water partition coefficient (Wildman–Crippen LogP) is 3.48. The third-order valence-corrected chi connectivity index (χ3v) is 3.59. The number of nitrogens with one attached hydrogen (secondary N) is 4. The number of H-pyrrole nitrogens is 2. The van der Waals surface area contributed by atoms with Crippen molar-refractivity contribution in [2.75, 3.05) is 24.9 Å². The summed E-state index contributed by atoms with van der Waals surface area (Å²) in [7, 11) is 2.61. The molecule has 4 rings (SSSR count). The van der Waals surface area contributed by atoms with Gasteiger partial charge < -0.3 is 19.4 Å². The highest BCUT2D eigenvalue weighted by molar-refractivity contribution is 5.86. The quantitative estimate of drug-likeness (QED) is 0.419. The van der Waals surface area contributed by atoms with Gasteiger partial charge in [-0.3, -0.25) is 10.6 Å². The molecule has 0 fully saturated rings. The van der Waals surface area contributed by atoms with Gasteiger partial charge in [0.15, 0.2) is 0 Å². The number of aromatic amines is 2. The molecule has 0 unspecified atom stereocenters. The molecule has 28 heavy (non-hydrogen) atoms. The lowest BCUT2D eigenvalue weighted by Gasteiger charge is -1.96. The average Bonchev–Trinajstić information content (AvgIpc) is 3.30. The number of hydrogen-bond acceptors (Lipinski definition) is 6. The zero-order valence-corrected chi connectivity index (χ0v) is 15.1. The van der Waals surface area contributed by atoms with E-state index in [1.807, 2.05) is 48.5 Å². The van der Waals surface area contributed by atoms with Crippen LogP contribution in [0.1, 0.15) is 0 Å². The van der Waals surface area contributed by atoms with Crippen LogP contribution in [0.5, 0.6) is 0 Å². The Bertz CT molecular complexity index is 950. The van der Waals surface area contributed by atoms with Gasteiger partial charge in [-0.2, -0.15) is 0 Å². The van der Waals surface area contributed by atoms with E-state index in [2.05, 4.69) is 40.0 Å². The number of carbonyl (C=O) groups excluding carboxylic acids is 2. The molecule has 2 heterocycles. The summed E-state index contributed by atoms with van der Waals surface area (Å²) in [6, 6.07) is 15.0. The van der Waals surface area contributed by atoms with Gasteiger partial charge in [-0.1, -0.05) is 24.3 Å². The molecule has 0 aliphatic rings. The number of imidazole rings is 2. The van der Waals surface area contributed by atoms with Gasteiger partial charge in [0, 0.05) is 0 Å². The van der Waals surface area contributed by atoms with Crippen molar-refractivity contribution in [2.45, 2.75) is 0 Å².